The number of fused-ring (bicyclic) bond motifs is 1. The summed E-state index contributed by atoms with van der Waals surface area (Å²) in [5.74, 6) is 0.557. The molecule has 0 N–H and O–H groups in total. The Morgan fingerprint density at radius 1 is 1.05 bits per heavy atom. The van der Waals surface area contributed by atoms with Crippen molar-refractivity contribution in [2.24, 2.45) is 5.92 Å². The summed E-state index contributed by atoms with van der Waals surface area (Å²) >= 11 is 0. The van der Waals surface area contributed by atoms with Gasteiger partial charge in [-0.2, -0.15) is 0 Å². The van der Waals surface area contributed by atoms with Crippen LogP contribution < -0.4 is 0 Å². The van der Waals surface area contributed by atoms with Crippen LogP contribution in [0.2, 0.25) is 0 Å². The fraction of sp³-hybridized carbons (Fsp3) is 0.368. The molecule has 20 heavy (non-hydrogen) atoms. The summed E-state index contributed by atoms with van der Waals surface area (Å²) in [6.45, 7) is 6.61. The lowest BCUT2D eigenvalue weighted by atomic mass is 9.94. The maximum absolute atomic E-state index is 5.69. The molecule has 1 unspecified atom stereocenters. The molecule has 1 aliphatic rings. The summed E-state index contributed by atoms with van der Waals surface area (Å²) in [5, 5.41) is 0. The average molecular weight is 266 g/mol. The number of aryl methyl sites for hydroxylation is 2. The van der Waals surface area contributed by atoms with Crippen LogP contribution in [-0.2, 0) is 11.2 Å². The number of rotatable bonds is 2. The van der Waals surface area contributed by atoms with Gasteiger partial charge in [-0.1, -0.05) is 54.4 Å². The molecule has 104 valence electrons. The first kappa shape index (κ1) is 13.4. The Hall–Kier alpha value is -1.60. The van der Waals surface area contributed by atoms with Crippen molar-refractivity contribution in [3.8, 4) is 11.1 Å². The maximum atomic E-state index is 5.69. The second kappa shape index (κ2) is 5.06. The Kier molecular flexibility index (Phi) is 3.39. The van der Waals surface area contributed by atoms with Gasteiger partial charge in [0, 0.05) is 7.11 Å². The SMILES string of the molecule is CO[C@H]1c2cccc(-c3cc(C)cc(C)c3)c2CC1C. The van der Waals surface area contributed by atoms with Crippen LogP contribution in [0.25, 0.3) is 11.1 Å². The van der Waals surface area contributed by atoms with Gasteiger partial charge in [-0.15, -0.1) is 0 Å². The maximum Gasteiger partial charge on any atom is 0.0852 e. The first-order valence-electron chi connectivity index (χ1n) is 7.33. The van der Waals surface area contributed by atoms with Gasteiger partial charge >= 0.3 is 0 Å². The van der Waals surface area contributed by atoms with Crippen LogP contribution in [-0.4, -0.2) is 7.11 Å². The minimum absolute atomic E-state index is 0.246. The Bertz CT molecular complexity index is 622. The predicted molar refractivity (Wildman–Crippen MR) is 84.0 cm³/mol. The number of methoxy groups -OCH3 is 1. The van der Waals surface area contributed by atoms with Crippen LogP contribution in [0.15, 0.2) is 36.4 Å². The molecule has 3 rings (SSSR count). The summed E-state index contributed by atoms with van der Waals surface area (Å²) in [4.78, 5) is 0. The molecule has 0 heterocycles. The average Bonchev–Trinajstić information content (AvgIpc) is 2.72. The molecule has 0 spiro atoms. The zero-order valence-corrected chi connectivity index (χ0v) is 12.7. The smallest absolute Gasteiger partial charge is 0.0852 e. The molecule has 2 aromatic carbocycles. The largest absolute Gasteiger partial charge is 0.376 e. The van der Waals surface area contributed by atoms with E-state index in [4.69, 9.17) is 4.74 Å². The van der Waals surface area contributed by atoms with Gasteiger partial charge in [0.05, 0.1) is 6.10 Å². The molecule has 0 fully saturated rings. The summed E-state index contributed by atoms with van der Waals surface area (Å²) in [5.41, 5.74) is 8.20. The van der Waals surface area contributed by atoms with Gasteiger partial charge in [0.2, 0.25) is 0 Å². The molecule has 0 saturated heterocycles. The van der Waals surface area contributed by atoms with Crippen molar-refractivity contribution in [3.63, 3.8) is 0 Å². The molecule has 0 aliphatic heterocycles. The molecule has 2 atom stereocenters. The number of ether oxygens (including phenoxy) is 1. The number of hydrogen-bond donors (Lipinski definition) is 0. The Balaban J connectivity index is 2.15. The van der Waals surface area contributed by atoms with Gasteiger partial charge in [0.15, 0.2) is 0 Å². The molecule has 2 aromatic rings. The Labute approximate surface area is 121 Å². The van der Waals surface area contributed by atoms with Crippen LogP contribution in [0, 0.1) is 19.8 Å². The van der Waals surface area contributed by atoms with E-state index in [2.05, 4.69) is 57.2 Å². The van der Waals surface area contributed by atoms with Crippen molar-refractivity contribution >= 4 is 0 Å². The molecule has 0 radical (unpaired) electrons. The minimum atomic E-state index is 0.246. The van der Waals surface area contributed by atoms with Gasteiger partial charge in [-0.3, -0.25) is 0 Å². The molecular formula is C19H22O. The lowest BCUT2D eigenvalue weighted by molar-refractivity contribution is 0.0695. The van der Waals surface area contributed by atoms with Gasteiger partial charge in [-0.05, 0) is 48.4 Å². The van der Waals surface area contributed by atoms with E-state index >= 15 is 0 Å². The second-order valence-electron chi connectivity index (χ2n) is 6.09. The van der Waals surface area contributed by atoms with E-state index in [1.165, 1.54) is 33.4 Å². The lowest BCUT2D eigenvalue weighted by Gasteiger charge is -2.14. The Morgan fingerprint density at radius 3 is 2.40 bits per heavy atom. The molecule has 1 aliphatic carbocycles. The number of hydrogen-bond acceptors (Lipinski definition) is 1. The highest BCUT2D eigenvalue weighted by atomic mass is 16.5. The first-order valence-corrected chi connectivity index (χ1v) is 7.33. The fourth-order valence-corrected chi connectivity index (χ4v) is 3.59. The molecule has 0 amide bonds. The van der Waals surface area contributed by atoms with Crippen molar-refractivity contribution in [1.82, 2.24) is 0 Å². The van der Waals surface area contributed by atoms with Crippen molar-refractivity contribution in [3.05, 3.63) is 58.7 Å². The Morgan fingerprint density at radius 2 is 1.75 bits per heavy atom. The molecule has 1 heteroatoms. The monoisotopic (exact) mass is 266 g/mol. The van der Waals surface area contributed by atoms with E-state index in [9.17, 15) is 0 Å². The van der Waals surface area contributed by atoms with Crippen LogP contribution in [0.1, 0.15) is 35.3 Å². The van der Waals surface area contributed by atoms with Crippen molar-refractivity contribution in [2.45, 2.75) is 33.3 Å². The molecule has 0 aromatic heterocycles. The van der Waals surface area contributed by atoms with Crippen LogP contribution in [0.3, 0.4) is 0 Å². The van der Waals surface area contributed by atoms with E-state index in [1.54, 1.807) is 0 Å². The third kappa shape index (κ3) is 2.16. The van der Waals surface area contributed by atoms with Crippen LogP contribution in [0.4, 0.5) is 0 Å². The van der Waals surface area contributed by atoms with Crippen LogP contribution >= 0.6 is 0 Å². The summed E-state index contributed by atoms with van der Waals surface area (Å²) < 4.78 is 5.69. The number of benzene rings is 2. The zero-order chi connectivity index (χ0) is 14.3. The highest BCUT2D eigenvalue weighted by Gasteiger charge is 2.31. The molecular weight excluding hydrogens is 244 g/mol. The van der Waals surface area contributed by atoms with E-state index in [-0.39, 0.29) is 6.10 Å². The van der Waals surface area contributed by atoms with Crippen molar-refractivity contribution < 1.29 is 4.74 Å². The van der Waals surface area contributed by atoms with E-state index < -0.39 is 0 Å². The van der Waals surface area contributed by atoms with Gasteiger partial charge in [0.1, 0.15) is 0 Å². The molecule has 0 bridgehead atoms. The van der Waals surface area contributed by atoms with Gasteiger partial charge in [0.25, 0.3) is 0 Å². The van der Waals surface area contributed by atoms with Crippen molar-refractivity contribution in [2.75, 3.05) is 7.11 Å². The summed E-state index contributed by atoms with van der Waals surface area (Å²) in [6.07, 6.45) is 1.35. The van der Waals surface area contributed by atoms with Crippen LogP contribution in [0.5, 0.6) is 0 Å². The topological polar surface area (TPSA) is 9.23 Å². The lowest BCUT2D eigenvalue weighted by Crippen LogP contribution is -2.04. The fourth-order valence-electron chi connectivity index (χ4n) is 3.59. The van der Waals surface area contributed by atoms with Gasteiger partial charge in [-0.25, -0.2) is 0 Å². The summed E-state index contributed by atoms with van der Waals surface area (Å²) in [7, 11) is 1.82. The first-order chi connectivity index (χ1) is 9.60. The quantitative estimate of drug-likeness (QED) is 0.755. The molecule has 0 saturated carbocycles. The van der Waals surface area contributed by atoms with Gasteiger partial charge < -0.3 is 4.74 Å². The highest BCUT2D eigenvalue weighted by molar-refractivity contribution is 5.71. The standard InChI is InChI=1S/C19H22O/c1-12-8-13(2)10-15(9-12)16-6-5-7-17-18(16)11-14(3)19(17)20-4/h5-10,14,19H,11H2,1-4H3/t14?,19-/m1/s1. The van der Waals surface area contributed by atoms with E-state index in [0.29, 0.717) is 5.92 Å². The predicted octanol–water partition coefficient (Wildman–Crippen LogP) is 4.85. The highest BCUT2D eigenvalue weighted by Crippen LogP contribution is 2.42. The normalized spacial score (nSPS) is 21.0. The third-order valence-electron chi connectivity index (χ3n) is 4.35. The second-order valence-corrected chi connectivity index (χ2v) is 6.09. The van der Waals surface area contributed by atoms with E-state index in [0.717, 1.165) is 6.42 Å². The zero-order valence-electron chi connectivity index (χ0n) is 12.7. The minimum Gasteiger partial charge on any atom is -0.376 e. The molecule has 1 nitrogen and oxygen atoms in total. The van der Waals surface area contributed by atoms with Crippen molar-refractivity contribution in [1.29, 1.82) is 0 Å². The summed E-state index contributed by atoms with van der Waals surface area (Å²) in [6, 6.07) is 13.4. The third-order valence-corrected chi connectivity index (χ3v) is 4.35. The van der Waals surface area contributed by atoms with E-state index in [1.807, 2.05) is 7.11 Å².